The van der Waals surface area contributed by atoms with Crippen molar-refractivity contribution in [2.45, 2.75) is 43.8 Å². The summed E-state index contributed by atoms with van der Waals surface area (Å²) in [5.41, 5.74) is 3.37. The average molecular weight is 325 g/mol. The Bertz CT molecular complexity index is 786. The molecule has 0 spiro atoms. The minimum Gasteiger partial charge on any atom is -0.462 e. The van der Waals surface area contributed by atoms with Gasteiger partial charge in [0.1, 0.15) is 5.75 Å². The molecule has 2 atom stereocenters. The van der Waals surface area contributed by atoms with Crippen LogP contribution in [0.2, 0.25) is 0 Å². The SMILES string of the molecule is O=[N+]([O-])c1ccc(Cc2ccc3c(c2)OC2(O)CCCC3C2)cc1. The number of hydrogen-bond acceptors (Lipinski definition) is 4. The lowest BCUT2D eigenvalue weighted by molar-refractivity contribution is -0.384. The van der Waals surface area contributed by atoms with Gasteiger partial charge in [-0.25, -0.2) is 0 Å². The quantitative estimate of drug-likeness (QED) is 0.685. The highest BCUT2D eigenvalue weighted by atomic mass is 16.6. The molecule has 5 heteroatoms. The van der Waals surface area contributed by atoms with Crippen LogP contribution in [-0.2, 0) is 6.42 Å². The number of nitrogens with zero attached hydrogens (tertiary/aromatic N) is 1. The third-order valence-electron chi connectivity index (χ3n) is 5.06. The molecule has 4 rings (SSSR count). The second-order valence-corrected chi connectivity index (χ2v) is 6.81. The third-order valence-corrected chi connectivity index (χ3v) is 5.06. The van der Waals surface area contributed by atoms with Crippen molar-refractivity contribution in [1.29, 1.82) is 0 Å². The molecule has 0 amide bonds. The monoisotopic (exact) mass is 325 g/mol. The number of benzene rings is 2. The second-order valence-electron chi connectivity index (χ2n) is 6.81. The molecule has 1 saturated carbocycles. The maximum absolute atomic E-state index is 10.7. The van der Waals surface area contributed by atoms with Gasteiger partial charge in [0.25, 0.3) is 5.69 Å². The van der Waals surface area contributed by atoms with Crippen LogP contribution in [0.3, 0.4) is 0 Å². The fourth-order valence-electron chi connectivity index (χ4n) is 3.86. The Hall–Kier alpha value is -2.40. The number of hydrogen-bond donors (Lipinski definition) is 1. The second kappa shape index (κ2) is 5.60. The summed E-state index contributed by atoms with van der Waals surface area (Å²) in [6.07, 6.45) is 4.14. The molecule has 2 unspecified atom stereocenters. The van der Waals surface area contributed by atoms with Crippen LogP contribution in [0.1, 0.15) is 48.3 Å². The van der Waals surface area contributed by atoms with Gasteiger partial charge >= 0.3 is 0 Å². The predicted molar refractivity (Wildman–Crippen MR) is 89.1 cm³/mol. The molecule has 1 aliphatic carbocycles. The highest BCUT2D eigenvalue weighted by Crippen LogP contribution is 2.48. The van der Waals surface area contributed by atoms with Gasteiger partial charge in [0.05, 0.1) is 4.92 Å². The lowest BCUT2D eigenvalue weighted by atomic mass is 9.78. The molecule has 5 nitrogen and oxygen atoms in total. The first kappa shape index (κ1) is 15.1. The zero-order chi connectivity index (χ0) is 16.7. The first-order valence-electron chi connectivity index (χ1n) is 8.30. The van der Waals surface area contributed by atoms with Crippen LogP contribution < -0.4 is 4.74 Å². The van der Waals surface area contributed by atoms with Crippen LogP contribution in [0.4, 0.5) is 5.69 Å². The van der Waals surface area contributed by atoms with Crippen LogP contribution >= 0.6 is 0 Å². The zero-order valence-electron chi connectivity index (χ0n) is 13.3. The van der Waals surface area contributed by atoms with E-state index in [-0.39, 0.29) is 5.69 Å². The van der Waals surface area contributed by atoms with E-state index in [4.69, 9.17) is 4.74 Å². The molecule has 2 bridgehead atoms. The molecular weight excluding hydrogens is 306 g/mol. The lowest BCUT2D eigenvalue weighted by Crippen LogP contribution is -2.43. The Morgan fingerprint density at radius 1 is 1.21 bits per heavy atom. The number of ether oxygens (including phenoxy) is 1. The standard InChI is InChI=1S/C19H19NO4/c21-19-9-1-2-15(12-19)17-8-5-14(11-18(17)24-19)10-13-3-6-16(7-4-13)20(22)23/h3-8,11,15,21H,1-2,9-10,12H2. The summed E-state index contributed by atoms with van der Waals surface area (Å²) in [6.45, 7) is 0. The van der Waals surface area contributed by atoms with Crippen molar-refractivity contribution in [3.05, 3.63) is 69.3 Å². The molecule has 0 saturated heterocycles. The van der Waals surface area contributed by atoms with Crippen LogP contribution in [0.25, 0.3) is 0 Å². The van der Waals surface area contributed by atoms with E-state index in [1.54, 1.807) is 12.1 Å². The molecule has 1 aliphatic heterocycles. The minimum absolute atomic E-state index is 0.0996. The molecule has 124 valence electrons. The molecule has 2 aliphatic rings. The van der Waals surface area contributed by atoms with E-state index in [0.717, 1.165) is 29.7 Å². The van der Waals surface area contributed by atoms with Gasteiger partial charge in [-0.1, -0.05) is 24.3 Å². The van der Waals surface area contributed by atoms with Gasteiger partial charge in [-0.15, -0.1) is 0 Å². The Morgan fingerprint density at radius 2 is 1.96 bits per heavy atom. The maximum atomic E-state index is 10.7. The topological polar surface area (TPSA) is 72.6 Å². The van der Waals surface area contributed by atoms with Crippen LogP contribution in [0.5, 0.6) is 5.75 Å². The van der Waals surface area contributed by atoms with E-state index >= 15 is 0 Å². The summed E-state index contributed by atoms with van der Waals surface area (Å²) in [4.78, 5) is 10.3. The Kier molecular flexibility index (Phi) is 3.53. The van der Waals surface area contributed by atoms with E-state index < -0.39 is 10.7 Å². The predicted octanol–water partition coefficient (Wildman–Crippen LogP) is 3.92. The van der Waals surface area contributed by atoms with Gasteiger partial charge in [-0.05, 0) is 47.9 Å². The summed E-state index contributed by atoms with van der Waals surface area (Å²) < 4.78 is 5.89. The molecule has 1 heterocycles. The number of fused-ring (bicyclic) bond motifs is 4. The number of rotatable bonds is 3. The summed E-state index contributed by atoms with van der Waals surface area (Å²) in [7, 11) is 0. The largest absolute Gasteiger partial charge is 0.462 e. The first-order chi connectivity index (χ1) is 11.5. The molecular formula is C19H19NO4. The summed E-state index contributed by atoms with van der Waals surface area (Å²) in [5, 5.41) is 21.2. The van der Waals surface area contributed by atoms with E-state index in [1.807, 2.05) is 6.07 Å². The van der Waals surface area contributed by atoms with Crippen LogP contribution in [0, 0.1) is 10.1 Å². The van der Waals surface area contributed by atoms with Crippen molar-refractivity contribution in [1.82, 2.24) is 0 Å². The number of nitro benzene ring substituents is 1. The van der Waals surface area contributed by atoms with Gasteiger partial charge in [0.2, 0.25) is 5.79 Å². The molecule has 0 aromatic heterocycles. The smallest absolute Gasteiger partial charge is 0.269 e. The average Bonchev–Trinajstić information content (AvgIpc) is 2.54. The highest BCUT2D eigenvalue weighted by molar-refractivity contribution is 5.44. The number of nitro groups is 1. The van der Waals surface area contributed by atoms with Gasteiger partial charge in [0, 0.05) is 25.0 Å². The van der Waals surface area contributed by atoms with Crippen molar-refractivity contribution in [2.24, 2.45) is 0 Å². The molecule has 2 aromatic carbocycles. The van der Waals surface area contributed by atoms with Gasteiger partial charge in [-0.3, -0.25) is 10.1 Å². The fraction of sp³-hybridized carbons (Fsp3) is 0.368. The Labute approximate surface area is 140 Å². The fourth-order valence-corrected chi connectivity index (χ4v) is 3.86. The van der Waals surface area contributed by atoms with E-state index in [2.05, 4.69) is 12.1 Å². The zero-order valence-corrected chi connectivity index (χ0v) is 13.3. The summed E-state index contributed by atoms with van der Waals surface area (Å²) in [6, 6.07) is 12.8. The molecule has 2 aromatic rings. The van der Waals surface area contributed by atoms with Crippen molar-refractivity contribution in [3.8, 4) is 5.75 Å². The van der Waals surface area contributed by atoms with E-state index in [9.17, 15) is 15.2 Å². The number of aliphatic hydroxyl groups is 1. The minimum atomic E-state index is -1.01. The van der Waals surface area contributed by atoms with Crippen molar-refractivity contribution in [3.63, 3.8) is 0 Å². The van der Waals surface area contributed by atoms with Crippen molar-refractivity contribution in [2.75, 3.05) is 0 Å². The van der Waals surface area contributed by atoms with E-state index in [1.165, 1.54) is 17.7 Å². The molecule has 1 N–H and O–H groups in total. The number of non-ortho nitro benzene ring substituents is 1. The Morgan fingerprint density at radius 3 is 2.71 bits per heavy atom. The van der Waals surface area contributed by atoms with Crippen molar-refractivity contribution >= 4 is 5.69 Å². The van der Waals surface area contributed by atoms with Gasteiger partial charge < -0.3 is 9.84 Å². The maximum Gasteiger partial charge on any atom is 0.269 e. The first-order valence-corrected chi connectivity index (χ1v) is 8.30. The Balaban J connectivity index is 1.58. The normalized spacial score (nSPS) is 24.8. The molecule has 24 heavy (non-hydrogen) atoms. The molecule has 0 radical (unpaired) electrons. The third kappa shape index (κ3) is 2.76. The summed E-state index contributed by atoms with van der Waals surface area (Å²) in [5.74, 6) is 0.149. The van der Waals surface area contributed by atoms with Crippen LogP contribution in [0.15, 0.2) is 42.5 Å². The molecule has 1 fully saturated rings. The van der Waals surface area contributed by atoms with Crippen molar-refractivity contribution < 1.29 is 14.8 Å². The highest BCUT2D eigenvalue weighted by Gasteiger charge is 2.42. The lowest BCUT2D eigenvalue weighted by Gasteiger charge is -2.42. The summed E-state index contributed by atoms with van der Waals surface area (Å²) >= 11 is 0. The van der Waals surface area contributed by atoms with Crippen LogP contribution in [-0.4, -0.2) is 15.8 Å². The van der Waals surface area contributed by atoms with E-state index in [0.29, 0.717) is 25.2 Å². The van der Waals surface area contributed by atoms with Gasteiger partial charge in [-0.2, -0.15) is 0 Å². The van der Waals surface area contributed by atoms with Gasteiger partial charge in [0.15, 0.2) is 0 Å².